The molecule has 0 radical (unpaired) electrons. The van der Waals surface area contributed by atoms with E-state index in [0.29, 0.717) is 0 Å². The van der Waals surface area contributed by atoms with Crippen molar-refractivity contribution in [2.24, 2.45) is 0 Å². The van der Waals surface area contributed by atoms with Crippen molar-refractivity contribution >= 4 is 0 Å². The van der Waals surface area contributed by atoms with E-state index in [9.17, 15) is 0 Å². The second-order valence-corrected chi connectivity index (χ2v) is 12.0. The summed E-state index contributed by atoms with van der Waals surface area (Å²) < 4.78 is 0. The lowest BCUT2D eigenvalue weighted by molar-refractivity contribution is 1.02. The molecule has 0 aliphatic rings. The van der Waals surface area contributed by atoms with Gasteiger partial charge in [-0.1, -0.05) is 42.5 Å². The number of aryl methyl sites for hydroxylation is 6. The SMILES string of the molecule is Cc1cc(Cc2cc(Cc3cc(C)c(C)c(C)c3)c(C)c(Cc3cc(C)c(C)c(C)c3)c2C)cc(C)c1C. The maximum absolute atomic E-state index is 2.51. The maximum Gasteiger partial charge on any atom is -0.00201 e. The predicted molar refractivity (Wildman–Crippen MR) is 166 cm³/mol. The highest BCUT2D eigenvalue weighted by molar-refractivity contribution is 5.52. The van der Waals surface area contributed by atoms with E-state index in [1.165, 1.54) is 94.6 Å². The molecule has 4 aromatic rings. The molecule has 4 aromatic carbocycles. The minimum absolute atomic E-state index is 0.978. The van der Waals surface area contributed by atoms with E-state index in [1.807, 2.05) is 0 Å². The molecule has 0 aliphatic heterocycles. The molecule has 0 saturated carbocycles. The fourth-order valence-electron chi connectivity index (χ4n) is 6.05. The summed E-state index contributed by atoms with van der Waals surface area (Å²) in [5, 5.41) is 0. The van der Waals surface area contributed by atoms with Crippen LogP contribution in [-0.2, 0) is 19.3 Å². The number of rotatable bonds is 6. The van der Waals surface area contributed by atoms with Crippen LogP contribution >= 0.6 is 0 Å². The molecule has 0 heteroatoms. The maximum atomic E-state index is 2.51. The van der Waals surface area contributed by atoms with Gasteiger partial charge in [-0.3, -0.25) is 0 Å². The third-order valence-corrected chi connectivity index (χ3v) is 9.35. The fourth-order valence-corrected chi connectivity index (χ4v) is 6.05. The molecule has 0 amide bonds. The lowest BCUT2D eigenvalue weighted by Gasteiger charge is -2.21. The highest BCUT2D eigenvalue weighted by atomic mass is 14.2. The second-order valence-electron chi connectivity index (χ2n) is 12.0. The van der Waals surface area contributed by atoms with Crippen LogP contribution in [0.3, 0.4) is 0 Å². The third-order valence-electron chi connectivity index (χ3n) is 9.35. The zero-order valence-electron chi connectivity index (χ0n) is 25.7. The molecule has 0 heterocycles. The Morgan fingerprint density at radius 1 is 0.316 bits per heavy atom. The lowest BCUT2D eigenvalue weighted by atomic mass is 9.84. The van der Waals surface area contributed by atoms with E-state index in [0.717, 1.165) is 19.3 Å². The van der Waals surface area contributed by atoms with E-state index in [-0.39, 0.29) is 0 Å². The van der Waals surface area contributed by atoms with E-state index >= 15 is 0 Å². The molecule has 0 aromatic heterocycles. The fraction of sp³-hybridized carbons (Fsp3) is 0.368. The first-order valence-corrected chi connectivity index (χ1v) is 14.2. The minimum Gasteiger partial charge on any atom is -0.0555 e. The van der Waals surface area contributed by atoms with Crippen LogP contribution in [0.4, 0.5) is 0 Å². The summed E-state index contributed by atoms with van der Waals surface area (Å²) in [5.74, 6) is 0. The topological polar surface area (TPSA) is 0 Å². The van der Waals surface area contributed by atoms with Crippen molar-refractivity contribution in [2.45, 2.75) is 95.4 Å². The molecular weight excluding hydrogens is 456 g/mol. The van der Waals surface area contributed by atoms with Crippen molar-refractivity contribution < 1.29 is 0 Å². The molecule has 0 saturated heterocycles. The molecule has 38 heavy (non-hydrogen) atoms. The van der Waals surface area contributed by atoms with Crippen LogP contribution in [0.5, 0.6) is 0 Å². The van der Waals surface area contributed by atoms with Gasteiger partial charge < -0.3 is 0 Å². The molecule has 0 aliphatic carbocycles. The van der Waals surface area contributed by atoms with Gasteiger partial charge >= 0.3 is 0 Å². The summed E-state index contributed by atoms with van der Waals surface area (Å²) in [6.45, 7) is 24.9. The van der Waals surface area contributed by atoms with Gasteiger partial charge in [0.25, 0.3) is 0 Å². The zero-order chi connectivity index (χ0) is 27.9. The Hall–Kier alpha value is -3.12. The van der Waals surface area contributed by atoms with Gasteiger partial charge in [-0.15, -0.1) is 0 Å². The van der Waals surface area contributed by atoms with Gasteiger partial charge in [0.2, 0.25) is 0 Å². The molecule has 0 fully saturated rings. The summed E-state index contributed by atoms with van der Waals surface area (Å²) in [4.78, 5) is 0. The molecule has 0 nitrogen and oxygen atoms in total. The summed E-state index contributed by atoms with van der Waals surface area (Å²) in [6, 6.07) is 16.9. The van der Waals surface area contributed by atoms with Crippen LogP contribution in [0.15, 0.2) is 42.5 Å². The Kier molecular flexibility index (Phi) is 8.03. The Balaban J connectivity index is 1.84. The standard InChI is InChI=1S/C38H46/c1-22-12-33(13-23(2)28(22)7)18-36-21-37(19-34-14-24(3)29(8)25(4)15-34)32(11)38(31(36)10)20-35-16-26(5)30(9)27(6)17-35/h12-17,21H,18-20H2,1-11H3. The Morgan fingerprint density at radius 3 is 0.868 bits per heavy atom. The van der Waals surface area contributed by atoms with Crippen LogP contribution in [0.25, 0.3) is 0 Å². The van der Waals surface area contributed by atoms with E-state index < -0.39 is 0 Å². The first kappa shape index (κ1) is 27.9. The van der Waals surface area contributed by atoms with Gasteiger partial charge in [0.15, 0.2) is 0 Å². The molecule has 0 bridgehead atoms. The van der Waals surface area contributed by atoms with Crippen LogP contribution in [-0.4, -0.2) is 0 Å². The van der Waals surface area contributed by atoms with Gasteiger partial charge in [0.1, 0.15) is 0 Å². The largest absolute Gasteiger partial charge is 0.0555 e. The van der Waals surface area contributed by atoms with Crippen molar-refractivity contribution in [3.05, 3.63) is 137 Å². The van der Waals surface area contributed by atoms with Gasteiger partial charge in [-0.25, -0.2) is 0 Å². The smallest absolute Gasteiger partial charge is 0.00201 e. The monoisotopic (exact) mass is 502 g/mol. The van der Waals surface area contributed by atoms with Crippen LogP contribution in [0.2, 0.25) is 0 Å². The van der Waals surface area contributed by atoms with Crippen molar-refractivity contribution in [3.8, 4) is 0 Å². The first-order valence-electron chi connectivity index (χ1n) is 14.2. The van der Waals surface area contributed by atoms with Crippen molar-refractivity contribution in [1.82, 2.24) is 0 Å². The average Bonchev–Trinajstić information content (AvgIpc) is 2.84. The second kappa shape index (κ2) is 10.9. The van der Waals surface area contributed by atoms with Gasteiger partial charge in [0, 0.05) is 0 Å². The van der Waals surface area contributed by atoms with Crippen molar-refractivity contribution in [2.75, 3.05) is 0 Å². The minimum atomic E-state index is 0.978. The third kappa shape index (κ3) is 5.65. The quantitative estimate of drug-likeness (QED) is 0.246. The molecule has 198 valence electrons. The zero-order valence-corrected chi connectivity index (χ0v) is 25.7. The molecule has 4 rings (SSSR count). The van der Waals surface area contributed by atoms with Crippen LogP contribution < -0.4 is 0 Å². The van der Waals surface area contributed by atoms with Gasteiger partial charge in [-0.05, 0) is 190 Å². The highest BCUT2D eigenvalue weighted by Gasteiger charge is 2.16. The van der Waals surface area contributed by atoms with E-state index in [4.69, 9.17) is 0 Å². The van der Waals surface area contributed by atoms with Crippen molar-refractivity contribution in [1.29, 1.82) is 0 Å². The van der Waals surface area contributed by atoms with Crippen molar-refractivity contribution in [3.63, 3.8) is 0 Å². The Labute approximate surface area is 232 Å². The average molecular weight is 503 g/mol. The molecule has 0 atom stereocenters. The Bertz CT molecular complexity index is 1370. The summed E-state index contributed by atoms with van der Waals surface area (Å²) in [7, 11) is 0. The molecular formula is C38H46. The highest BCUT2D eigenvalue weighted by Crippen LogP contribution is 2.31. The van der Waals surface area contributed by atoms with Crippen LogP contribution in [0, 0.1) is 76.2 Å². The van der Waals surface area contributed by atoms with Gasteiger partial charge in [0.05, 0.1) is 0 Å². The molecule has 0 unspecified atom stereocenters. The van der Waals surface area contributed by atoms with Gasteiger partial charge in [-0.2, -0.15) is 0 Å². The van der Waals surface area contributed by atoms with Crippen LogP contribution in [0.1, 0.15) is 94.6 Å². The molecule has 0 spiro atoms. The predicted octanol–water partition coefficient (Wildman–Crippen LogP) is 9.85. The summed E-state index contributed by atoms with van der Waals surface area (Å²) in [5.41, 5.74) is 24.2. The Morgan fingerprint density at radius 2 is 0.579 bits per heavy atom. The normalized spacial score (nSPS) is 11.3. The van der Waals surface area contributed by atoms with E-state index in [2.05, 4.69) is 119 Å². The number of benzene rings is 4. The van der Waals surface area contributed by atoms with E-state index in [1.54, 1.807) is 0 Å². The first-order chi connectivity index (χ1) is 17.8. The number of hydrogen-bond acceptors (Lipinski definition) is 0. The summed E-state index contributed by atoms with van der Waals surface area (Å²) in [6.07, 6.45) is 2.94. The summed E-state index contributed by atoms with van der Waals surface area (Å²) >= 11 is 0. The number of hydrogen-bond donors (Lipinski definition) is 0. The molecule has 0 N–H and O–H groups in total. The lowest BCUT2D eigenvalue weighted by Crippen LogP contribution is -2.07.